The van der Waals surface area contributed by atoms with Crippen molar-refractivity contribution in [1.29, 1.82) is 0 Å². The van der Waals surface area contributed by atoms with Crippen LogP contribution in [0.4, 0.5) is 0 Å². The summed E-state index contributed by atoms with van der Waals surface area (Å²) in [4.78, 5) is 1.13. The van der Waals surface area contributed by atoms with Crippen LogP contribution in [0.5, 0.6) is 0 Å². The molecule has 0 aliphatic rings. The Labute approximate surface area is 110 Å². The number of aryl methyl sites for hydroxylation is 2. The van der Waals surface area contributed by atoms with Crippen LogP contribution in [0.15, 0.2) is 34.2 Å². The summed E-state index contributed by atoms with van der Waals surface area (Å²) in [5.41, 5.74) is 7.85. The van der Waals surface area contributed by atoms with Gasteiger partial charge in [-0.2, -0.15) is 5.10 Å². The Kier molecular flexibility index (Phi) is 3.76. The minimum Gasteiger partial charge on any atom is -0.326 e. The molecule has 0 aliphatic heterocycles. The molecule has 0 fully saturated rings. The van der Waals surface area contributed by atoms with Crippen molar-refractivity contribution in [2.75, 3.05) is 0 Å². The van der Waals surface area contributed by atoms with E-state index < -0.39 is 0 Å². The molecule has 0 saturated heterocycles. The highest BCUT2D eigenvalue weighted by atomic mass is 35.5. The maximum absolute atomic E-state index is 5.86. The van der Waals surface area contributed by atoms with E-state index >= 15 is 0 Å². The molecule has 2 N–H and O–H groups in total. The summed E-state index contributed by atoms with van der Waals surface area (Å²) >= 11 is 7.52. The van der Waals surface area contributed by atoms with Crippen molar-refractivity contribution in [3.8, 4) is 0 Å². The van der Waals surface area contributed by atoms with E-state index in [4.69, 9.17) is 17.3 Å². The van der Waals surface area contributed by atoms with Crippen molar-refractivity contribution < 1.29 is 0 Å². The Balaban J connectivity index is 2.32. The van der Waals surface area contributed by atoms with Gasteiger partial charge in [0.05, 0.1) is 5.69 Å². The third-order valence-electron chi connectivity index (χ3n) is 2.52. The lowest BCUT2D eigenvalue weighted by molar-refractivity contribution is 0.688. The maximum Gasteiger partial charge on any atom is 0.103 e. The van der Waals surface area contributed by atoms with Gasteiger partial charge in [0.15, 0.2) is 0 Å². The molecule has 3 nitrogen and oxygen atoms in total. The summed E-state index contributed by atoms with van der Waals surface area (Å²) in [6, 6.07) is 7.76. The number of nitrogens with zero attached hydrogens (tertiary/aromatic N) is 2. The van der Waals surface area contributed by atoms with Gasteiger partial charge in [0, 0.05) is 29.1 Å². The predicted molar refractivity (Wildman–Crippen MR) is 71.4 cm³/mol. The zero-order valence-corrected chi connectivity index (χ0v) is 11.3. The van der Waals surface area contributed by atoms with Gasteiger partial charge in [-0.15, -0.1) is 0 Å². The maximum atomic E-state index is 5.86. The van der Waals surface area contributed by atoms with Gasteiger partial charge in [-0.3, -0.25) is 4.68 Å². The fourth-order valence-corrected chi connectivity index (χ4v) is 2.81. The molecule has 0 spiro atoms. The fourth-order valence-electron chi connectivity index (χ4n) is 1.66. The largest absolute Gasteiger partial charge is 0.326 e. The lowest BCUT2D eigenvalue weighted by atomic mass is 10.3. The van der Waals surface area contributed by atoms with E-state index in [2.05, 4.69) is 5.10 Å². The average molecular weight is 268 g/mol. The molecule has 17 heavy (non-hydrogen) atoms. The second-order valence-corrected chi connectivity index (χ2v) is 5.25. The molecular weight excluding hydrogens is 254 g/mol. The van der Waals surface area contributed by atoms with Crippen LogP contribution in [0.1, 0.15) is 11.3 Å². The van der Waals surface area contributed by atoms with Crippen LogP contribution < -0.4 is 5.73 Å². The van der Waals surface area contributed by atoms with Gasteiger partial charge in [-0.1, -0.05) is 23.4 Å². The van der Waals surface area contributed by atoms with Crippen molar-refractivity contribution in [2.24, 2.45) is 12.8 Å². The van der Waals surface area contributed by atoms with Crippen LogP contribution in [-0.2, 0) is 13.6 Å². The standard InChI is InChI=1S/C12H14ClN3S/c1-8-11(7-14)12(16(2)15-8)17-10-5-3-9(13)4-6-10/h3-6H,7,14H2,1-2H3. The number of benzene rings is 1. The molecule has 1 heterocycles. The van der Waals surface area contributed by atoms with Crippen molar-refractivity contribution in [2.45, 2.75) is 23.4 Å². The normalized spacial score (nSPS) is 10.8. The van der Waals surface area contributed by atoms with E-state index in [1.165, 1.54) is 0 Å². The van der Waals surface area contributed by atoms with Gasteiger partial charge in [0.25, 0.3) is 0 Å². The van der Waals surface area contributed by atoms with E-state index in [-0.39, 0.29) is 0 Å². The van der Waals surface area contributed by atoms with E-state index in [1.807, 2.05) is 42.9 Å². The number of halogens is 1. The molecule has 2 rings (SSSR count). The van der Waals surface area contributed by atoms with Crippen molar-refractivity contribution >= 4 is 23.4 Å². The number of rotatable bonds is 3. The second-order valence-electron chi connectivity index (χ2n) is 3.75. The topological polar surface area (TPSA) is 43.8 Å². The molecule has 0 aliphatic carbocycles. The molecule has 0 saturated carbocycles. The molecule has 90 valence electrons. The molecule has 0 amide bonds. The summed E-state index contributed by atoms with van der Waals surface area (Å²) in [5, 5.41) is 6.22. The molecule has 0 bridgehead atoms. The molecule has 1 aromatic heterocycles. The number of aromatic nitrogens is 2. The molecule has 0 unspecified atom stereocenters. The van der Waals surface area contributed by atoms with Gasteiger partial charge in [-0.25, -0.2) is 0 Å². The quantitative estimate of drug-likeness (QED) is 0.930. The van der Waals surface area contributed by atoms with Crippen LogP contribution >= 0.6 is 23.4 Å². The molecule has 0 radical (unpaired) electrons. The Morgan fingerprint density at radius 3 is 2.59 bits per heavy atom. The summed E-state index contributed by atoms with van der Waals surface area (Å²) < 4.78 is 1.87. The zero-order valence-electron chi connectivity index (χ0n) is 9.77. The van der Waals surface area contributed by atoms with Gasteiger partial charge in [-0.05, 0) is 31.2 Å². The lowest BCUT2D eigenvalue weighted by Gasteiger charge is -2.04. The van der Waals surface area contributed by atoms with E-state index in [1.54, 1.807) is 11.8 Å². The lowest BCUT2D eigenvalue weighted by Crippen LogP contribution is -1.99. The van der Waals surface area contributed by atoms with Crippen molar-refractivity contribution in [3.05, 3.63) is 40.5 Å². The highest BCUT2D eigenvalue weighted by Crippen LogP contribution is 2.31. The van der Waals surface area contributed by atoms with E-state index in [9.17, 15) is 0 Å². The van der Waals surface area contributed by atoms with E-state index in [0.717, 1.165) is 26.2 Å². The van der Waals surface area contributed by atoms with Gasteiger partial charge >= 0.3 is 0 Å². The number of hydrogen-bond donors (Lipinski definition) is 1. The predicted octanol–water partition coefficient (Wildman–Crippen LogP) is 2.99. The fraction of sp³-hybridized carbons (Fsp3) is 0.250. The molecule has 5 heteroatoms. The summed E-state index contributed by atoms with van der Waals surface area (Å²) in [7, 11) is 1.93. The number of nitrogens with two attached hydrogens (primary N) is 1. The third-order valence-corrected chi connectivity index (χ3v) is 3.98. The highest BCUT2D eigenvalue weighted by molar-refractivity contribution is 7.99. The first kappa shape index (κ1) is 12.5. The van der Waals surface area contributed by atoms with Crippen LogP contribution in [0.2, 0.25) is 5.02 Å². The van der Waals surface area contributed by atoms with E-state index in [0.29, 0.717) is 6.54 Å². The summed E-state index contributed by atoms with van der Waals surface area (Å²) in [5.74, 6) is 0. The van der Waals surface area contributed by atoms with Crippen LogP contribution in [0, 0.1) is 6.92 Å². The Morgan fingerprint density at radius 1 is 1.35 bits per heavy atom. The first-order valence-corrected chi connectivity index (χ1v) is 6.47. The zero-order chi connectivity index (χ0) is 12.4. The van der Waals surface area contributed by atoms with Gasteiger partial charge in [0.1, 0.15) is 5.03 Å². The first-order valence-electron chi connectivity index (χ1n) is 5.27. The molecule has 2 aromatic rings. The Morgan fingerprint density at radius 2 is 2.00 bits per heavy atom. The monoisotopic (exact) mass is 267 g/mol. The van der Waals surface area contributed by atoms with Crippen molar-refractivity contribution in [1.82, 2.24) is 9.78 Å². The molecule has 1 aromatic carbocycles. The van der Waals surface area contributed by atoms with Gasteiger partial charge < -0.3 is 5.73 Å². The molecule has 0 atom stereocenters. The van der Waals surface area contributed by atoms with Crippen molar-refractivity contribution in [3.63, 3.8) is 0 Å². The summed E-state index contributed by atoms with van der Waals surface area (Å²) in [6.45, 7) is 2.49. The number of hydrogen-bond acceptors (Lipinski definition) is 3. The van der Waals surface area contributed by atoms with Gasteiger partial charge in [0.2, 0.25) is 0 Å². The first-order chi connectivity index (χ1) is 8.11. The Bertz CT molecular complexity index is 519. The molecular formula is C12H14ClN3S. The highest BCUT2D eigenvalue weighted by Gasteiger charge is 2.12. The van der Waals surface area contributed by atoms with Crippen LogP contribution in [0.3, 0.4) is 0 Å². The SMILES string of the molecule is Cc1nn(C)c(Sc2ccc(Cl)cc2)c1CN. The summed E-state index contributed by atoms with van der Waals surface area (Å²) in [6.07, 6.45) is 0. The smallest absolute Gasteiger partial charge is 0.103 e. The average Bonchev–Trinajstić information content (AvgIpc) is 2.57. The Hall–Kier alpha value is -0.970. The minimum absolute atomic E-state index is 0.510. The van der Waals surface area contributed by atoms with Crippen LogP contribution in [0.25, 0.3) is 0 Å². The third kappa shape index (κ3) is 2.65. The minimum atomic E-state index is 0.510. The van der Waals surface area contributed by atoms with Crippen LogP contribution in [-0.4, -0.2) is 9.78 Å². The second kappa shape index (κ2) is 5.12.